The second-order valence-electron chi connectivity index (χ2n) is 4.42. The van der Waals surface area contributed by atoms with Crippen LogP contribution in [0.1, 0.15) is 29.0 Å². The van der Waals surface area contributed by atoms with Crippen molar-refractivity contribution in [1.82, 2.24) is 5.32 Å². The molecule has 0 amide bonds. The lowest BCUT2D eigenvalue weighted by Crippen LogP contribution is -2.20. The molecule has 0 radical (unpaired) electrons. The highest BCUT2D eigenvalue weighted by atomic mass is 32.1. The van der Waals surface area contributed by atoms with Crippen LogP contribution >= 0.6 is 11.3 Å². The first-order valence-electron chi connectivity index (χ1n) is 6.00. The van der Waals surface area contributed by atoms with Crippen LogP contribution in [0.25, 0.3) is 0 Å². The summed E-state index contributed by atoms with van der Waals surface area (Å²) in [6, 6.07) is 6.50. The Bertz CT molecular complexity index is 563. The fourth-order valence-electron chi connectivity index (χ4n) is 1.87. The molecule has 0 spiro atoms. The van der Waals surface area contributed by atoms with E-state index in [1.165, 1.54) is 17.4 Å². The number of hydrogen-bond acceptors (Lipinski definition) is 2. The molecule has 1 atom stereocenters. The van der Waals surface area contributed by atoms with E-state index in [9.17, 15) is 17.6 Å². The molecule has 0 unspecified atom stereocenters. The molecule has 1 heterocycles. The molecule has 0 saturated heterocycles. The van der Waals surface area contributed by atoms with Gasteiger partial charge in [-0.2, -0.15) is 13.2 Å². The van der Waals surface area contributed by atoms with Gasteiger partial charge in [0.1, 0.15) is 5.82 Å². The van der Waals surface area contributed by atoms with E-state index in [0.717, 1.165) is 10.9 Å². The molecule has 1 nitrogen and oxygen atoms in total. The average molecular weight is 303 g/mol. The predicted molar refractivity (Wildman–Crippen MR) is 71.0 cm³/mol. The van der Waals surface area contributed by atoms with Crippen molar-refractivity contribution in [2.75, 3.05) is 0 Å². The van der Waals surface area contributed by atoms with Crippen LogP contribution in [-0.4, -0.2) is 0 Å². The zero-order chi connectivity index (χ0) is 14.8. The molecule has 1 N–H and O–H groups in total. The predicted octanol–water partition coefficient (Wildman–Crippen LogP) is 4.76. The molecule has 108 valence electrons. The van der Waals surface area contributed by atoms with E-state index in [4.69, 9.17) is 0 Å². The van der Waals surface area contributed by atoms with Crippen molar-refractivity contribution >= 4 is 11.3 Å². The minimum absolute atomic E-state index is 0.0359. The number of alkyl halides is 3. The van der Waals surface area contributed by atoms with Gasteiger partial charge in [-0.3, -0.25) is 0 Å². The van der Waals surface area contributed by atoms with Crippen LogP contribution in [0, 0.1) is 5.82 Å². The molecule has 2 rings (SSSR count). The Morgan fingerprint density at radius 2 is 2.00 bits per heavy atom. The van der Waals surface area contributed by atoms with Gasteiger partial charge in [0.05, 0.1) is 5.56 Å². The van der Waals surface area contributed by atoms with E-state index >= 15 is 0 Å². The second kappa shape index (κ2) is 5.93. The number of thiophene rings is 1. The summed E-state index contributed by atoms with van der Waals surface area (Å²) in [6.45, 7) is 1.91. The molecule has 0 aliphatic carbocycles. The lowest BCUT2D eigenvalue weighted by molar-refractivity contribution is -0.138. The van der Waals surface area contributed by atoms with Gasteiger partial charge in [-0.05, 0) is 36.1 Å². The van der Waals surface area contributed by atoms with Gasteiger partial charge < -0.3 is 5.32 Å². The van der Waals surface area contributed by atoms with E-state index in [1.807, 2.05) is 24.4 Å². The first-order valence-corrected chi connectivity index (χ1v) is 6.88. The Morgan fingerprint density at radius 1 is 1.25 bits per heavy atom. The van der Waals surface area contributed by atoms with E-state index in [1.54, 1.807) is 0 Å². The van der Waals surface area contributed by atoms with Crippen LogP contribution in [0.5, 0.6) is 0 Å². The third-order valence-electron chi connectivity index (χ3n) is 2.95. The van der Waals surface area contributed by atoms with Crippen molar-refractivity contribution in [3.05, 3.63) is 57.5 Å². The summed E-state index contributed by atoms with van der Waals surface area (Å²) in [5.41, 5.74) is -0.884. The van der Waals surface area contributed by atoms with Gasteiger partial charge in [0, 0.05) is 17.5 Å². The number of hydrogen-bond donors (Lipinski definition) is 1. The highest BCUT2D eigenvalue weighted by Crippen LogP contribution is 2.32. The highest BCUT2D eigenvalue weighted by molar-refractivity contribution is 7.10. The minimum Gasteiger partial charge on any atom is -0.305 e. The molecule has 2 aromatic rings. The van der Waals surface area contributed by atoms with Crippen LogP contribution in [-0.2, 0) is 12.7 Å². The van der Waals surface area contributed by atoms with Gasteiger partial charge in [0.2, 0.25) is 0 Å². The molecule has 1 aromatic heterocycles. The molecule has 6 heteroatoms. The van der Waals surface area contributed by atoms with Crippen molar-refractivity contribution in [1.29, 1.82) is 0 Å². The lowest BCUT2D eigenvalue weighted by atomic mass is 10.1. The summed E-state index contributed by atoms with van der Waals surface area (Å²) >= 11 is 1.53. The molecule has 1 aromatic carbocycles. The highest BCUT2D eigenvalue weighted by Gasteiger charge is 2.33. The fourth-order valence-corrected chi connectivity index (χ4v) is 2.63. The van der Waals surface area contributed by atoms with Gasteiger partial charge in [0.25, 0.3) is 0 Å². The normalized spacial score (nSPS) is 13.4. The summed E-state index contributed by atoms with van der Waals surface area (Å²) in [7, 11) is 0. The van der Waals surface area contributed by atoms with Crippen molar-refractivity contribution < 1.29 is 17.6 Å². The molecule has 0 aliphatic heterocycles. The Labute approximate surface area is 118 Å². The van der Waals surface area contributed by atoms with Gasteiger partial charge in [-0.25, -0.2) is 4.39 Å². The molecule has 0 saturated carbocycles. The maximum absolute atomic E-state index is 13.0. The minimum atomic E-state index is -4.55. The molecule has 0 bridgehead atoms. The number of rotatable bonds is 4. The average Bonchev–Trinajstić information content (AvgIpc) is 2.89. The molecular weight excluding hydrogens is 290 g/mol. The van der Waals surface area contributed by atoms with Crippen molar-refractivity contribution in [3.63, 3.8) is 0 Å². The second-order valence-corrected chi connectivity index (χ2v) is 5.40. The van der Waals surface area contributed by atoms with Crippen LogP contribution in [0.2, 0.25) is 0 Å². The van der Waals surface area contributed by atoms with E-state index in [0.29, 0.717) is 6.07 Å². The molecule has 0 aliphatic rings. The zero-order valence-electron chi connectivity index (χ0n) is 10.7. The summed E-state index contributed by atoms with van der Waals surface area (Å²) < 4.78 is 51.5. The van der Waals surface area contributed by atoms with E-state index in [2.05, 4.69) is 5.32 Å². The summed E-state index contributed by atoms with van der Waals surface area (Å²) in [5, 5.41) is 4.93. The monoisotopic (exact) mass is 303 g/mol. The SMILES string of the molecule is C[C@@H](NCc1ccc(F)cc1C(F)(F)F)c1cccs1. The molecule has 0 fully saturated rings. The zero-order valence-corrected chi connectivity index (χ0v) is 11.5. The Morgan fingerprint density at radius 3 is 2.60 bits per heavy atom. The van der Waals surface area contributed by atoms with Crippen LogP contribution in [0.3, 0.4) is 0 Å². The first kappa shape index (κ1) is 15.0. The molecule has 20 heavy (non-hydrogen) atoms. The Kier molecular flexibility index (Phi) is 4.45. The van der Waals surface area contributed by atoms with Gasteiger partial charge in [-0.15, -0.1) is 11.3 Å². The quantitative estimate of drug-likeness (QED) is 0.803. The van der Waals surface area contributed by atoms with E-state index < -0.39 is 17.6 Å². The standard InChI is InChI=1S/C14H13F4NS/c1-9(13-3-2-6-20-13)19-8-10-4-5-11(15)7-12(10)14(16,17)18/h2-7,9,19H,8H2,1H3/t9-/m1/s1. The largest absolute Gasteiger partial charge is 0.416 e. The number of benzene rings is 1. The maximum Gasteiger partial charge on any atom is 0.416 e. The summed E-state index contributed by atoms with van der Waals surface area (Å²) in [6.07, 6.45) is -4.55. The van der Waals surface area contributed by atoms with Crippen molar-refractivity contribution in [3.8, 4) is 0 Å². The van der Waals surface area contributed by atoms with Crippen LogP contribution in [0.15, 0.2) is 35.7 Å². The Balaban J connectivity index is 2.13. The van der Waals surface area contributed by atoms with E-state index in [-0.39, 0.29) is 18.2 Å². The third-order valence-corrected chi connectivity index (χ3v) is 4.00. The topological polar surface area (TPSA) is 12.0 Å². The lowest BCUT2D eigenvalue weighted by Gasteiger charge is -2.16. The third kappa shape index (κ3) is 3.58. The number of nitrogens with one attached hydrogen (secondary N) is 1. The summed E-state index contributed by atoms with van der Waals surface area (Å²) in [5.74, 6) is -0.882. The first-order chi connectivity index (χ1) is 9.38. The van der Waals surface area contributed by atoms with Crippen molar-refractivity contribution in [2.24, 2.45) is 0 Å². The van der Waals surface area contributed by atoms with Crippen LogP contribution in [0.4, 0.5) is 17.6 Å². The molecular formula is C14H13F4NS. The van der Waals surface area contributed by atoms with Crippen LogP contribution < -0.4 is 5.32 Å². The van der Waals surface area contributed by atoms with Crippen molar-refractivity contribution in [2.45, 2.75) is 25.7 Å². The maximum atomic E-state index is 13.0. The van der Waals surface area contributed by atoms with Gasteiger partial charge >= 0.3 is 6.18 Å². The van der Waals surface area contributed by atoms with Gasteiger partial charge in [0.15, 0.2) is 0 Å². The summed E-state index contributed by atoms with van der Waals surface area (Å²) in [4.78, 5) is 1.04. The Hall–Kier alpha value is -1.40. The fraction of sp³-hybridized carbons (Fsp3) is 0.286. The number of halogens is 4. The smallest absolute Gasteiger partial charge is 0.305 e. The van der Waals surface area contributed by atoms with Gasteiger partial charge in [-0.1, -0.05) is 12.1 Å².